The number of anilines is 1. The highest BCUT2D eigenvalue weighted by Gasteiger charge is 2.26. The van der Waals surface area contributed by atoms with E-state index in [9.17, 15) is 14.9 Å². The minimum Gasteiger partial charge on any atom is -0.370 e. The predicted molar refractivity (Wildman–Crippen MR) is 105 cm³/mol. The fourth-order valence-corrected chi connectivity index (χ4v) is 3.25. The zero-order chi connectivity index (χ0) is 20.4. The van der Waals surface area contributed by atoms with Crippen LogP contribution in [0.25, 0.3) is 11.4 Å². The summed E-state index contributed by atoms with van der Waals surface area (Å²) in [6, 6.07) is 9.52. The van der Waals surface area contributed by atoms with Gasteiger partial charge in [0.1, 0.15) is 12.4 Å². The maximum atomic E-state index is 12.5. The Morgan fingerprint density at radius 3 is 2.86 bits per heavy atom. The van der Waals surface area contributed by atoms with Crippen LogP contribution in [-0.2, 0) is 11.8 Å². The van der Waals surface area contributed by atoms with Gasteiger partial charge in [-0.15, -0.1) is 0 Å². The Morgan fingerprint density at radius 2 is 2.10 bits per heavy atom. The fourth-order valence-electron chi connectivity index (χ4n) is 3.25. The third kappa shape index (κ3) is 3.83. The molecule has 0 saturated carbocycles. The molecule has 0 spiro atoms. The highest BCUT2D eigenvalue weighted by atomic mass is 16.6. The van der Waals surface area contributed by atoms with Gasteiger partial charge in [-0.2, -0.15) is 0 Å². The van der Waals surface area contributed by atoms with Gasteiger partial charge in [-0.25, -0.2) is 15.0 Å². The Bertz CT molecular complexity index is 1100. The van der Waals surface area contributed by atoms with Crippen molar-refractivity contribution < 1.29 is 9.66 Å². The second kappa shape index (κ2) is 7.76. The van der Waals surface area contributed by atoms with Crippen molar-refractivity contribution in [2.75, 3.05) is 24.6 Å². The van der Waals surface area contributed by atoms with Gasteiger partial charge in [-0.1, -0.05) is 12.1 Å². The molecule has 0 N–H and O–H groups in total. The summed E-state index contributed by atoms with van der Waals surface area (Å²) in [5.41, 5.74) is 1.54. The van der Waals surface area contributed by atoms with Crippen LogP contribution in [0, 0.1) is 10.1 Å². The standard InChI is InChI=1S/C19H18N6O4/c1-23-18(26)10-16(15-5-6-20-12-21-15)22-19(23)24-7-8-29-17(11-24)13-3-2-4-14(9-13)25(27)28/h2-6,9-10,12,17H,7-8,11H2,1H3. The number of hydrogen-bond acceptors (Lipinski definition) is 8. The fraction of sp³-hybridized carbons (Fsp3) is 0.263. The van der Waals surface area contributed by atoms with Crippen molar-refractivity contribution >= 4 is 11.6 Å². The molecule has 10 nitrogen and oxygen atoms in total. The monoisotopic (exact) mass is 394 g/mol. The second-order valence-corrected chi connectivity index (χ2v) is 6.59. The number of non-ortho nitro benzene ring substituents is 1. The van der Waals surface area contributed by atoms with E-state index in [-0.39, 0.29) is 17.4 Å². The Morgan fingerprint density at radius 1 is 1.24 bits per heavy atom. The maximum absolute atomic E-state index is 12.5. The first-order valence-corrected chi connectivity index (χ1v) is 8.98. The van der Waals surface area contributed by atoms with Crippen LogP contribution in [0.5, 0.6) is 0 Å². The number of nitrogens with zero attached hydrogens (tertiary/aromatic N) is 6. The predicted octanol–water partition coefficient (Wildman–Crippen LogP) is 1.72. The third-order valence-corrected chi connectivity index (χ3v) is 4.76. The molecule has 29 heavy (non-hydrogen) atoms. The zero-order valence-corrected chi connectivity index (χ0v) is 15.6. The molecule has 0 aliphatic carbocycles. The zero-order valence-electron chi connectivity index (χ0n) is 15.6. The quantitative estimate of drug-likeness (QED) is 0.485. The first-order chi connectivity index (χ1) is 14.0. The van der Waals surface area contributed by atoms with Crippen LogP contribution < -0.4 is 10.5 Å². The van der Waals surface area contributed by atoms with E-state index in [1.807, 2.05) is 4.90 Å². The molecule has 0 bridgehead atoms. The molecule has 1 atom stereocenters. The summed E-state index contributed by atoms with van der Waals surface area (Å²) >= 11 is 0. The van der Waals surface area contributed by atoms with Crippen molar-refractivity contribution in [2.45, 2.75) is 6.10 Å². The lowest BCUT2D eigenvalue weighted by Gasteiger charge is -2.34. The summed E-state index contributed by atoms with van der Waals surface area (Å²) in [4.78, 5) is 37.8. The lowest BCUT2D eigenvalue weighted by molar-refractivity contribution is -0.385. The number of hydrogen-bond donors (Lipinski definition) is 0. The molecule has 0 radical (unpaired) electrons. The molecule has 1 aliphatic rings. The number of rotatable bonds is 4. The van der Waals surface area contributed by atoms with Crippen molar-refractivity contribution in [3.63, 3.8) is 0 Å². The molecular weight excluding hydrogens is 376 g/mol. The maximum Gasteiger partial charge on any atom is 0.269 e. The topological polar surface area (TPSA) is 116 Å². The smallest absolute Gasteiger partial charge is 0.269 e. The molecule has 2 aromatic heterocycles. The molecule has 3 aromatic rings. The number of aromatic nitrogens is 4. The van der Waals surface area contributed by atoms with Crippen molar-refractivity contribution in [3.05, 3.63) is 75.0 Å². The Balaban J connectivity index is 1.66. The summed E-state index contributed by atoms with van der Waals surface area (Å²) in [5, 5.41) is 11.1. The Labute approximate surface area is 165 Å². The van der Waals surface area contributed by atoms with E-state index in [2.05, 4.69) is 15.0 Å². The van der Waals surface area contributed by atoms with E-state index in [0.29, 0.717) is 42.6 Å². The van der Waals surface area contributed by atoms with Gasteiger partial charge in [0.2, 0.25) is 5.95 Å². The Kier molecular flexibility index (Phi) is 5.00. The first kappa shape index (κ1) is 18.7. The van der Waals surface area contributed by atoms with Crippen molar-refractivity contribution in [2.24, 2.45) is 7.05 Å². The first-order valence-electron chi connectivity index (χ1n) is 8.98. The van der Waals surface area contributed by atoms with Crippen LogP contribution in [0.15, 0.2) is 53.7 Å². The summed E-state index contributed by atoms with van der Waals surface area (Å²) in [5.74, 6) is 0.491. The highest BCUT2D eigenvalue weighted by molar-refractivity contribution is 5.55. The molecule has 1 aliphatic heterocycles. The average molecular weight is 394 g/mol. The SMILES string of the molecule is Cn1c(N2CCOC(c3cccc([N+](=O)[O-])c3)C2)nc(-c2ccncn2)cc1=O. The van der Waals surface area contributed by atoms with Gasteiger partial charge in [0.25, 0.3) is 11.2 Å². The van der Waals surface area contributed by atoms with Crippen molar-refractivity contribution in [1.82, 2.24) is 19.5 Å². The van der Waals surface area contributed by atoms with Crippen LogP contribution >= 0.6 is 0 Å². The van der Waals surface area contributed by atoms with Gasteiger partial charge in [-0.05, 0) is 11.6 Å². The average Bonchev–Trinajstić information content (AvgIpc) is 2.76. The summed E-state index contributed by atoms with van der Waals surface area (Å²) in [6.45, 7) is 1.36. The second-order valence-electron chi connectivity index (χ2n) is 6.59. The molecule has 1 unspecified atom stereocenters. The number of morpholine rings is 1. The molecule has 148 valence electrons. The van der Waals surface area contributed by atoms with Gasteiger partial charge < -0.3 is 9.64 Å². The molecule has 1 aromatic carbocycles. The molecule has 0 amide bonds. The van der Waals surface area contributed by atoms with E-state index in [1.165, 1.54) is 29.1 Å². The number of ether oxygens (including phenoxy) is 1. The van der Waals surface area contributed by atoms with Gasteiger partial charge in [0.15, 0.2) is 0 Å². The summed E-state index contributed by atoms with van der Waals surface area (Å²) in [7, 11) is 1.66. The highest BCUT2D eigenvalue weighted by Crippen LogP contribution is 2.27. The summed E-state index contributed by atoms with van der Waals surface area (Å²) in [6.07, 6.45) is 2.62. The molecule has 10 heteroatoms. The van der Waals surface area contributed by atoms with Crippen LogP contribution in [0.1, 0.15) is 11.7 Å². The molecule has 1 fully saturated rings. The van der Waals surface area contributed by atoms with Crippen molar-refractivity contribution in [3.8, 4) is 11.4 Å². The minimum atomic E-state index is -0.430. The van der Waals surface area contributed by atoms with Crippen molar-refractivity contribution in [1.29, 1.82) is 0 Å². The number of nitro benzene ring substituents is 1. The van der Waals surface area contributed by atoms with Gasteiger partial charge in [0.05, 0.1) is 29.5 Å². The van der Waals surface area contributed by atoms with Gasteiger partial charge in [0, 0.05) is 38.0 Å². The van der Waals surface area contributed by atoms with E-state index in [0.717, 1.165) is 0 Å². The Hall–Kier alpha value is -3.66. The largest absolute Gasteiger partial charge is 0.370 e. The normalized spacial score (nSPS) is 16.6. The van der Waals surface area contributed by atoms with Crippen LogP contribution in [-0.4, -0.2) is 44.1 Å². The number of nitro groups is 1. The lowest BCUT2D eigenvalue weighted by Crippen LogP contribution is -2.41. The van der Waals surface area contributed by atoms with Gasteiger partial charge >= 0.3 is 0 Å². The lowest BCUT2D eigenvalue weighted by atomic mass is 10.1. The third-order valence-electron chi connectivity index (χ3n) is 4.76. The van der Waals surface area contributed by atoms with Gasteiger partial charge in [-0.3, -0.25) is 19.5 Å². The van der Waals surface area contributed by atoms with E-state index in [1.54, 1.807) is 31.4 Å². The van der Waals surface area contributed by atoms with E-state index >= 15 is 0 Å². The molecular formula is C19H18N6O4. The van der Waals surface area contributed by atoms with Crippen LogP contribution in [0.4, 0.5) is 11.6 Å². The van der Waals surface area contributed by atoms with Crippen LogP contribution in [0.2, 0.25) is 0 Å². The van der Waals surface area contributed by atoms with E-state index in [4.69, 9.17) is 4.74 Å². The molecule has 4 rings (SSSR count). The molecule has 1 saturated heterocycles. The molecule has 3 heterocycles. The minimum absolute atomic E-state index is 0.0134. The number of benzene rings is 1. The summed E-state index contributed by atoms with van der Waals surface area (Å²) < 4.78 is 7.31. The van der Waals surface area contributed by atoms with Crippen LogP contribution in [0.3, 0.4) is 0 Å². The van der Waals surface area contributed by atoms with E-state index < -0.39 is 4.92 Å².